The molecule has 2 aromatic rings. The Bertz CT molecular complexity index is 783. The molecule has 0 bridgehead atoms. The zero-order chi connectivity index (χ0) is 18.2. The standard InChI is InChI=1S/C19H20N2O4/c1-13(14-8-9-17(23-2)18(10-14)24-3)21-19(22)12-25-16-7-5-4-6-15(16)11-20/h4-10,13H,12H2,1-3H3,(H,21,22). The number of hydrogen-bond acceptors (Lipinski definition) is 5. The number of benzene rings is 2. The molecule has 2 rings (SSSR count). The van der Waals surface area contributed by atoms with E-state index < -0.39 is 0 Å². The van der Waals surface area contributed by atoms with Gasteiger partial charge in [-0.15, -0.1) is 0 Å². The van der Waals surface area contributed by atoms with E-state index in [1.807, 2.05) is 25.1 Å². The van der Waals surface area contributed by atoms with Gasteiger partial charge in [-0.2, -0.15) is 5.26 Å². The van der Waals surface area contributed by atoms with Gasteiger partial charge < -0.3 is 19.5 Å². The molecule has 0 heterocycles. The molecule has 0 radical (unpaired) electrons. The predicted molar refractivity (Wildman–Crippen MR) is 92.8 cm³/mol. The quantitative estimate of drug-likeness (QED) is 0.838. The number of carbonyl (C=O) groups is 1. The van der Waals surface area contributed by atoms with Gasteiger partial charge in [0.2, 0.25) is 0 Å². The number of carbonyl (C=O) groups excluding carboxylic acids is 1. The third-order valence-corrected chi connectivity index (χ3v) is 3.65. The lowest BCUT2D eigenvalue weighted by Crippen LogP contribution is -2.31. The first-order valence-electron chi connectivity index (χ1n) is 7.72. The molecular formula is C19H20N2O4. The van der Waals surface area contributed by atoms with Crippen LogP contribution in [0.1, 0.15) is 24.1 Å². The van der Waals surface area contributed by atoms with Crippen molar-refractivity contribution in [2.24, 2.45) is 0 Å². The summed E-state index contributed by atoms with van der Waals surface area (Å²) in [5, 5.41) is 11.9. The smallest absolute Gasteiger partial charge is 0.258 e. The van der Waals surface area contributed by atoms with E-state index in [1.165, 1.54) is 0 Å². The molecule has 25 heavy (non-hydrogen) atoms. The van der Waals surface area contributed by atoms with Crippen LogP contribution < -0.4 is 19.5 Å². The third-order valence-electron chi connectivity index (χ3n) is 3.65. The molecular weight excluding hydrogens is 320 g/mol. The summed E-state index contributed by atoms with van der Waals surface area (Å²) in [6, 6.07) is 14.0. The van der Waals surface area contributed by atoms with Crippen LogP contribution in [0.5, 0.6) is 17.2 Å². The fourth-order valence-electron chi connectivity index (χ4n) is 2.32. The number of nitrogens with one attached hydrogen (secondary N) is 1. The van der Waals surface area contributed by atoms with Crippen LogP contribution in [0, 0.1) is 11.3 Å². The van der Waals surface area contributed by atoms with Crippen molar-refractivity contribution in [1.82, 2.24) is 5.32 Å². The summed E-state index contributed by atoms with van der Waals surface area (Å²) in [6.45, 7) is 1.69. The van der Waals surface area contributed by atoms with Crippen molar-refractivity contribution in [2.75, 3.05) is 20.8 Å². The highest BCUT2D eigenvalue weighted by Crippen LogP contribution is 2.29. The first kappa shape index (κ1) is 18.1. The van der Waals surface area contributed by atoms with Crippen LogP contribution in [0.25, 0.3) is 0 Å². The van der Waals surface area contributed by atoms with Crippen molar-refractivity contribution in [3.8, 4) is 23.3 Å². The second-order valence-corrected chi connectivity index (χ2v) is 5.30. The van der Waals surface area contributed by atoms with Gasteiger partial charge in [-0.05, 0) is 36.8 Å². The number of methoxy groups -OCH3 is 2. The van der Waals surface area contributed by atoms with E-state index in [-0.39, 0.29) is 18.6 Å². The molecule has 0 aliphatic carbocycles. The van der Waals surface area contributed by atoms with Gasteiger partial charge in [0.15, 0.2) is 18.1 Å². The molecule has 0 saturated heterocycles. The van der Waals surface area contributed by atoms with Crippen LogP contribution in [0.3, 0.4) is 0 Å². The lowest BCUT2D eigenvalue weighted by molar-refractivity contribution is -0.123. The molecule has 1 atom stereocenters. The van der Waals surface area contributed by atoms with Gasteiger partial charge in [0.05, 0.1) is 25.8 Å². The summed E-state index contributed by atoms with van der Waals surface area (Å²) < 4.78 is 15.9. The zero-order valence-electron chi connectivity index (χ0n) is 14.4. The SMILES string of the molecule is COc1ccc(C(C)NC(=O)COc2ccccc2C#N)cc1OC. The molecule has 6 heteroatoms. The molecule has 6 nitrogen and oxygen atoms in total. The number of rotatable bonds is 7. The normalized spacial score (nSPS) is 11.1. The fraction of sp³-hybridized carbons (Fsp3) is 0.263. The van der Waals surface area contributed by atoms with Gasteiger partial charge in [0.1, 0.15) is 11.8 Å². The zero-order valence-corrected chi connectivity index (χ0v) is 14.4. The van der Waals surface area contributed by atoms with E-state index in [4.69, 9.17) is 19.5 Å². The van der Waals surface area contributed by atoms with E-state index >= 15 is 0 Å². The fourth-order valence-corrected chi connectivity index (χ4v) is 2.32. The Kier molecular flexibility index (Phi) is 6.24. The Morgan fingerprint density at radius 3 is 2.52 bits per heavy atom. The summed E-state index contributed by atoms with van der Waals surface area (Å²) in [5.74, 6) is 1.33. The van der Waals surface area contributed by atoms with Gasteiger partial charge in [0, 0.05) is 0 Å². The summed E-state index contributed by atoms with van der Waals surface area (Å²) in [6.07, 6.45) is 0. The highest BCUT2D eigenvalue weighted by Gasteiger charge is 2.13. The molecule has 1 unspecified atom stereocenters. The van der Waals surface area contributed by atoms with Crippen LogP contribution in [-0.2, 0) is 4.79 Å². The maximum absolute atomic E-state index is 12.1. The minimum Gasteiger partial charge on any atom is -0.493 e. The molecule has 0 aromatic heterocycles. The predicted octanol–water partition coefficient (Wildman–Crippen LogP) is 2.83. The molecule has 0 saturated carbocycles. The van der Waals surface area contributed by atoms with Crippen LogP contribution in [0.4, 0.5) is 0 Å². The van der Waals surface area contributed by atoms with E-state index in [2.05, 4.69) is 5.32 Å². The Morgan fingerprint density at radius 1 is 1.12 bits per heavy atom. The first-order chi connectivity index (χ1) is 12.1. The van der Waals surface area contributed by atoms with Crippen LogP contribution in [-0.4, -0.2) is 26.7 Å². The summed E-state index contributed by atoms with van der Waals surface area (Å²) in [7, 11) is 3.13. The number of ether oxygens (including phenoxy) is 3. The van der Waals surface area contributed by atoms with Crippen molar-refractivity contribution >= 4 is 5.91 Å². The summed E-state index contributed by atoms with van der Waals surface area (Å²) in [5.41, 5.74) is 1.27. The first-order valence-corrected chi connectivity index (χ1v) is 7.72. The average Bonchev–Trinajstić information content (AvgIpc) is 2.65. The van der Waals surface area contributed by atoms with Gasteiger partial charge in [0.25, 0.3) is 5.91 Å². The number of nitrogens with zero attached hydrogens (tertiary/aromatic N) is 1. The van der Waals surface area contributed by atoms with Crippen LogP contribution >= 0.6 is 0 Å². The van der Waals surface area contributed by atoms with E-state index in [0.29, 0.717) is 22.8 Å². The molecule has 0 aliphatic rings. The lowest BCUT2D eigenvalue weighted by Gasteiger charge is -2.17. The summed E-state index contributed by atoms with van der Waals surface area (Å²) in [4.78, 5) is 12.1. The largest absolute Gasteiger partial charge is 0.493 e. The Hall–Kier alpha value is -3.20. The number of hydrogen-bond donors (Lipinski definition) is 1. The monoisotopic (exact) mass is 340 g/mol. The van der Waals surface area contributed by atoms with E-state index in [1.54, 1.807) is 44.6 Å². The second kappa shape index (κ2) is 8.60. The van der Waals surface area contributed by atoms with Gasteiger partial charge >= 0.3 is 0 Å². The highest BCUT2D eigenvalue weighted by molar-refractivity contribution is 5.78. The second-order valence-electron chi connectivity index (χ2n) is 5.30. The average molecular weight is 340 g/mol. The van der Waals surface area contributed by atoms with Crippen molar-refractivity contribution in [3.05, 3.63) is 53.6 Å². The topological polar surface area (TPSA) is 80.6 Å². The van der Waals surface area contributed by atoms with Gasteiger partial charge in [-0.25, -0.2) is 0 Å². The Labute approximate surface area is 146 Å². The molecule has 0 aliphatic heterocycles. The van der Waals surface area contributed by atoms with Crippen molar-refractivity contribution in [3.63, 3.8) is 0 Å². The molecule has 130 valence electrons. The number of para-hydroxylation sites is 1. The molecule has 0 fully saturated rings. The number of amides is 1. The van der Waals surface area contributed by atoms with Crippen molar-refractivity contribution in [1.29, 1.82) is 5.26 Å². The van der Waals surface area contributed by atoms with Gasteiger partial charge in [-0.1, -0.05) is 18.2 Å². The van der Waals surface area contributed by atoms with E-state index in [9.17, 15) is 4.79 Å². The number of nitriles is 1. The lowest BCUT2D eigenvalue weighted by atomic mass is 10.1. The molecule has 0 spiro atoms. The minimum absolute atomic E-state index is 0.170. The van der Waals surface area contributed by atoms with Crippen molar-refractivity contribution in [2.45, 2.75) is 13.0 Å². The highest BCUT2D eigenvalue weighted by atomic mass is 16.5. The van der Waals surface area contributed by atoms with Crippen LogP contribution in [0.15, 0.2) is 42.5 Å². The molecule has 1 amide bonds. The van der Waals surface area contributed by atoms with E-state index in [0.717, 1.165) is 5.56 Å². The Morgan fingerprint density at radius 2 is 1.84 bits per heavy atom. The summed E-state index contributed by atoms with van der Waals surface area (Å²) >= 11 is 0. The maximum atomic E-state index is 12.1. The van der Waals surface area contributed by atoms with Crippen molar-refractivity contribution < 1.29 is 19.0 Å². The maximum Gasteiger partial charge on any atom is 0.258 e. The van der Waals surface area contributed by atoms with Gasteiger partial charge in [-0.3, -0.25) is 4.79 Å². The minimum atomic E-state index is -0.282. The third kappa shape index (κ3) is 4.64. The Balaban J connectivity index is 1.97. The molecule has 2 aromatic carbocycles. The van der Waals surface area contributed by atoms with Crippen LogP contribution in [0.2, 0.25) is 0 Å². The molecule has 1 N–H and O–H groups in total.